The number of aromatic nitrogens is 1. The summed E-state index contributed by atoms with van der Waals surface area (Å²) in [7, 11) is -1.62. The molecule has 2 aromatic rings. The zero-order valence-electron chi connectivity index (χ0n) is 7.59. The Labute approximate surface area is 94.8 Å². The van der Waals surface area contributed by atoms with E-state index in [9.17, 15) is 0 Å². The van der Waals surface area contributed by atoms with Gasteiger partial charge in [-0.05, 0) is 12.1 Å². The summed E-state index contributed by atoms with van der Waals surface area (Å²) >= 11 is 3.32. The van der Waals surface area contributed by atoms with Crippen molar-refractivity contribution in [3.8, 4) is 11.3 Å². The first kappa shape index (κ1) is 10.4. The Morgan fingerprint density at radius 1 is 1.20 bits per heavy atom. The molecule has 2 rings (SSSR count). The lowest BCUT2D eigenvalue weighted by Crippen LogP contribution is -2.28. The highest BCUT2D eigenvalue weighted by atomic mass is 79.9. The summed E-state index contributed by atoms with van der Waals surface area (Å²) < 4.78 is 5.72. The number of nitrogens with zero attached hydrogens (tertiary/aromatic N) is 1. The zero-order chi connectivity index (χ0) is 10.8. The molecule has 6 heteroatoms. The predicted octanol–water partition coefficient (Wildman–Crippen LogP) is 0.784. The van der Waals surface area contributed by atoms with Crippen LogP contribution in [0, 0.1) is 0 Å². The lowest BCUT2D eigenvalue weighted by molar-refractivity contribution is 0.384. The van der Waals surface area contributed by atoms with E-state index < -0.39 is 7.12 Å². The van der Waals surface area contributed by atoms with E-state index >= 15 is 0 Å². The van der Waals surface area contributed by atoms with Gasteiger partial charge in [-0.1, -0.05) is 33.2 Å². The summed E-state index contributed by atoms with van der Waals surface area (Å²) in [5.74, 6) is 0. The van der Waals surface area contributed by atoms with Gasteiger partial charge >= 0.3 is 7.12 Å². The van der Waals surface area contributed by atoms with Crippen molar-refractivity contribution in [2.75, 3.05) is 0 Å². The maximum Gasteiger partial charge on any atom is 0.529 e. The van der Waals surface area contributed by atoms with E-state index in [0.29, 0.717) is 5.69 Å². The van der Waals surface area contributed by atoms with E-state index in [1.165, 1.54) is 6.07 Å². The van der Waals surface area contributed by atoms with Crippen LogP contribution in [0.25, 0.3) is 11.3 Å². The summed E-state index contributed by atoms with van der Waals surface area (Å²) in [6, 6.07) is 8.96. The van der Waals surface area contributed by atoms with Gasteiger partial charge in [0.25, 0.3) is 0 Å². The number of hydrogen-bond donors (Lipinski definition) is 2. The quantitative estimate of drug-likeness (QED) is 0.790. The lowest BCUT2D eigenvalue weighted by Gasteiger charge is -1.94. The fourth-order valence-corrected chi connectivity index (χ4v) is 1.43. The van der Waals surface area contributed by atoms with Crippen LogP contribution in [0.3, 0.4) is 0 Å². The minimum Gasteiger partial charge on any atom is -0.421 e. The van der Waals surface area contributed by atoms with Crippen LogP contribution in [0.15, 0.2) is 39.3 Å². The molecule has 0 unspecified atom stereocenters. The van der Waals surface area contributed by atoms with Gasteiger partial charge in [-0.3, -0.25) is 0 Å². The summed E-state index contributed by atoms with van der Waals surface area (Å²) in [6.07, 6.45) is 0. The molecular formula is C9H7BBrNO3. The molecule has 4 nitrogen and oxygen atoms in total. The summed E-state index contributed by atoms with van der Waals surface area (Å²) in [6.45, 7) is 0. The molecular weight excluding hydrogens is 261 g/mol. The summed E-state index contributed by atoms with van der Waals surface area (Å²) in [4.78, 5) is 0. The molecule has 0 spiro atoms. The first-order valence-corrected chi connectivity index (χ1v) is 5.05. The van der Waals surface area contributed by atoms with Crippen molar-refractivity contribution in [3.63, 3.8) is 0 Å². The van der Waals surface area contributed by atoms with E-state index in [-0.39, 0.29) is 5.66 Å². The van der Waals surface area contributed by atoms with E-state index in [1.54, 1.807) is 0 Å². The predicted molar refractivity (Wildman–Crippen MR) is 59.5 cm³/mol. The van der Waals surface area contributed by atoms with Crippen LogP contribution in [0.4, 0.5) is 0 Å². The van der Waals surface area contributed by atoms with Crippen LogP contribution in [-0.4, -0.2) is 22.3 Å². The zero-order valence-corrected chi connectivity index (χ0v) is 9.18. The Hall–Kier alpha value is -1.11. The topological polar surface area (TPSA) is 66.5 Å². The first-order valence-electron chi connectivity index (χ1n) is 4.25. The van der Waals surface area contributed by atoms with Gasteiger partial charge < -0.3 is 14.6 Å². The third kappa shape index (κ3) is 2.28. The molecule has 0 radical (unpaired) electrons. The highest BCUT2D eigenvalue weighted by Gasteiger charge is 2.18. The van der Waals surface area contributed by atoms with Gasteiger partial charge in [-0.2, -0.15) is 0 Å². The van der Waals surface area contributed by atoms with Crippen molar-refractivity contribution >= 4 is 28.7 Å². The second kappa shape index (κ2) is 4.18. The average molecular weight is 268 g/mol. The minimum absolute atomic E-state index is 0.0351. The van der Waals surface area contributed by atoms with Crippen LogP contribution >= 0.6 is 15.9 Å². The molecule has 0 atom stereocenters. The molecule has 0 aliphatic carbocycles. The Bertz CT molecular complexity index is 455. The molecule has 0 aliphatic heterocycles. The van der Waals surface area contributed by atoms with Gasteiger partial charge in [0, 0.05) is 16.1 Å². The second-order valence-corrected chi connectivity index (χ2v) is 3.91. The molecule has 76 valence electrons. The van der Waals surface area contributed by atoms with Gasteiger partial charge in [0.1, 0.15) is 5.69 Å². The van der Waals surface area contributed by atoms with Crippen molar-refractivity contribution in [3.05, 3.63) is 34.8 Å². The van der Waals surface area contributed by atoms with Gasteiger partial charge in [0.05, 0.1) is 0 Å². The first-order chi connectivity index (χ1) is 7.16. The SMILES string of the molecule is OB(O)c1cc(-c2ccc(Br)cc2)no1. The molecule has 1 aromatic heterocycles. The van der Waals surface area contributed by atoms with Crippen LogP contribution in [0.2, 0.25) is 0 Å². The van der Waals surface area contributed by atoms with E-state index in [1.807, 2.05) is 24.3 Å². The van der Waals surface area contributed by atoms with E-state index in [4.69, 9.17) is 14.6 Å². The molecule has 0 saturated carbocycles. The Morgan fingerprint density at radius 3 is 2.40 bits per heavy atom. The van der Waals surface area contributed by atoms with Crippen LogP contribution in [0.1, 0.15) is 0 Å². The molecule has 0 saturated heterocycles. The maximum atomic E-state index is 8.84. The molecule has 1 heterocycles. The fourth-order valence-electron chi connectivity index (χ4n) is 1.17. The number of benzene rings is 1. The van der Waals surface area contributed by atoms with Gasteiger partial charge in [-0.15, -0.1) is 0 Å². The Kier molecular flexibility index (Phi) is 2.90. The smallest absolute Gasteiger partial charge is 0.421 e. The monoisotopic (exact) mass is 267 g/mol. The number of halogens is 1. The Balaban J connectivity index is 2.33. The maximum absolute atomic E-state index is 8.84. The molecule has 0 aliphatic rings. The highest BCUT2D eigenvalue weighted by molar-refractivity contribution is 9.10. The van der Waals surface area contributed by atoms with Crippen molar-refractivity contribution < 1.29 is 14.6 Å². The number of rotatable bonds is 2. The summed E-state index contributed by atoms with van der Waals surface area (Å²) in [5, 5.41) is 21.4. The fraction of sp³-hybridized carbons (Fsp3) is 0. The van der Waals surface area contributed by atoms with Crippen molar-refractivity contribution in [2.45, 2.75) is 0 Å². The molecule has 2 N–H and O–H groups in total. The second-order valence-electron chi connectivity index (χ2n) is 3.00. The summed E-state index contributed by atoms with van der Waals surface area (Å²) in [5.41, 5.74) is 1.47. The molecule has 1 aromatic carbocycles. The van der Waals surface area contributed by atoms with Crippen LogP contribution in [-0.2, 0) is 0 Å². The van der Waals surface area contributed by atoms with Crippen molar-refractivity contribution in [1.82, 2.24) is 5.16 Å². The molecule has 0 bridgehead atoms. The molecule has 15 heavy (non-hydrogen) atoms. The number of hydrogen-bond acceptors (Lipinski definition) is 4. The van der Waals surface area contributed by atoms with Gasteiger partial charge in [0.2, 0.25) is 0 Å². The third-order valence-electron chi connectivity index (χ3n) is 1.92. The van der Waals surface area contributed by atoms with E-state index in [2.05, 4.69) is 21.1 Å². The van der Waals surface area contributed by atoms with Crippen LogP contribution in [0.5, 0.6) is 0 Å². The lowest BCUT2D eigenvalue weighted by atomic mass is 9.87. The average Bonchev–Trinajstić information content (AvgIpc) is 2.68. The Morgan fingerprint density at radius 2 is 1.87 bits per heavy atom. The van der Waals surface area contributed by atoms with Crippen molar-refractivity contribution in [2.24, 2.45) is 0 Å². The largest absolute Gasteiger partial charge is 0.529 e. The van der Waals surface area contributed by atoms with E-state index in [0.717, 1.165) is 10.0 Å². The normalized spacial score (nSPS) is 10.3. The van der Waals surface area contributed by atoms with Crippen molar-refractivity contribution in [1.29, 1.82) is 0 Å². The minimum atomic E-state index is -1.62. The van der Waals surface area contributed by atoms with Gasteiger partial charge in [-0.25, -0.2) is 0 Å². The highest BCUT2D eigenvalue weighted by Crippen LogP contribution is 2.19. The molecule has 0 amide bonds. The third-order valence-corrected chi connectivity index (χ3v) is 2.45. The molecule has 0 fully saturated rings. The van der Waals surface area contributed by atoms with Crippen LogP contribution < -0.4 is 5.66 Å². The van der Waals surface area contributed by atoms with Gasteiger partial charge in [0.15, 0.2) is 5.66 Å². The standard InChI is InChI=1S/C9H7BBrNO3/c11-7-3-1-6(2-4-7)8-5-9(10(13)14)15-12-8/h1-5,13-14H.